The van der Waals surface area contributed by atoms with Gasteiger partial charge in [0.2, 0.25) is 11.6 Å². The summed E-state index contributed by atoms with van der Waals surface area (Å²) in [5, 5.41) is 29.0. The molecule has 0 atom stereocenters. The van der Waals surface area contributed by atoms with Crippen LogP contribution in [0, 0.1) is 0 Å². The zero-order chi connectivity index (χ0) is 24.1. The third kappa shape index (κ3) is 4.48. The van der Waals surface area contributed by atoms with Crippen LogP contribution in [0.5, 0.6) is 17.2 Å². The highest BCUT2D eigenvalue weighted by Gasteiger charge is 2.25. The van der Waals surface area contributed by atoms with E-state index >= 15 is 0 Å². The van der Waals surface area contributed by atoms with Gasteiger partial charge in [0.25, 0.3) is 5.91 Å². The van der Waals surface area contributed by atoms with Gasteiger partial charge in [0, 0.05) is 5.56 Å². The standard InChI is InChI=1S/C21H20N8O5/c1-3-33-14-6-4-5-13(10-14)18-17(24-28-29(18)20-19(22)26-34-27-20)21(31)25-23-11-12-7-8-15(30)16(9-12)32-2/h4-11,30H,3H2,1-2H3,(H2,22,26)(H,25,31). The molecule has 2 aromatic heterocycles. The largest absolute Gasteiger partial charge is 0.504 e. The topological polar surface area (TPSA) is 176 Å². The zero-order valence-corrected chi connectivity index (χ0v) is 18.2. The third-order valence-corrected chi connectivity index (χ3v) is 4.58. The number of amides is 1. The number of anilines is 1. The lowest BCUT2D eigenvalue weighted by Crippen LogP contribution is -2.19. The van der Waals surface area contributed by atoms with E-state index in [1.54, 1.807) is 36.4 Å². The van der Waals surface area contributed by atoms with Crippen LogP contribution in [0.3, 0.4) is 0 Å². The maximum absolute atomic E-state index is 13.0. The number of nitrogens with one attached hydrogen (secondary N) is 1. The van der Waals surface area contributed by atoms with Crippen molar-refractivity contribution in [3.63, 3.8) is 0 Å². The summed E-state index contributed by atoms with van der Waals surface area (Å²) in [5.41, 5.74) is 9.63. The number of nitrogen functional groups attached to an aromatic ring is 1. The van der Waals surface area contributed by atoms with Gasteiger partial charge in [-0.3, -0.25) is 4.79 Å². The van der Waals surface area contributed by atoms with Crippen molar-refractivity contribution in [2.45, 2.75) is 6.92 Å². The number of benzene rings is 2. The van der Waals surface area contributed by atoms with Crippen LogP contribution < -0.4 is 20.6 Å². The SMILES string of the molecule is CCOc1cccc(-c2c(C(=O)NN=Cc3ccc(O)c(OC)c3)nnn2-c2nonc2N)c1. The first-order valence-corrected chi connectivity index (χ1v) is 9.99. The van der Waals surface area contributed by atoms with Crippen LogP contribution in [0.4, 0.5) is 5.82 Å². The minimum Gasteiger partial charge on any atom is -0.504 e. The number of aromatic hydroxyl groups is 1. The van der Waals surface area contributed by atoms with Gasteiger partial charge in [0.1, 0.15) is 11.4 Å². The normalized spacial score (nSPS) is 11.0. The Morgan fingerprint density at radius 2 is 2.15 bits per heavy atom. The first kappa shape index (κ1) is 22.3. The van der Waals surface area contributed by atoms with E-state index in [2.05, 4.69) is 35.8 Å². The monoisotopic (exact) mass is 464 g/mol. The summed E-state index contributed by atoms with van der Waals surface area (Å²) >= 11 is 0. The van der Waals surface area contributed by atoms with E-state index in [-0.39, 0.29) is 34.5 Å². The van der Waals surface area contributed by atoms with E-state index in [0.29, 0.717) is 23.5 Å². The molecule has 13 nitrogen and oxygen atoms in total. The molecule has 1 amide bonds. The Morgan fingerprint density at radius 3 is 2.88 bits per heavy atom. The molecule has 0 aliphatic carbocycles. The maximum Gasteiger partial charge on any atom is 0.294 e. The summed E-state index contributed by atoms with van der Waals surface area (Å²) in [7, 11) is 1.43. The lowest BCUT2D eigenvalue weighted by Gasteiger charge is -2.08. The molecule has 4 aromatic rings. The first-order valence-electron chi connectivity index (χ1n) is 9.99. The second-order valence-corrected chi connectivity index (χ2v) is 6.76. The van der Waals surface area contributed by atoms with Gasteiger partial charge in [-0.05, 0) is 53.1 Å². The Balaban J connectivity index is 1.67. The molecular weight excluding hydrogens is 444 g/mol. The second kappa shape index (κ2) is 9.68. The Morgan fingerprint density at radius 1 is 1.29 bits per heavy atom. The predicted octanol–water partition coefficient (Wildman–Crippen LogP) is 1.78. The number of ether oxygens (including phenoxy) is 2. The number of carbonyl (C=O) groups excluding carboxylic acids is 1. The molecule has 0 aliphatic heterocycles. The molecule has 174 valence electrons. The predicted molar refractivity (Wildman–Crippen MR) is 120 cm³/mol. The third-order valence-electron chi connectivity index (χ3n) is 4.58. The van der Waals surface area contributed by atoms with Gasteiger partial charge >= 0.3 is 0 Å². The summed E-state index contributed by atoms with van der Waals surface area (Å²) in [5.74, 6) is 0.250. The smallest absolute Gasteiger partial charge is 0.294 e. The van der Waals surface area contributed by atoms with Gasteiger partial charge in [0.05, 0.1) is 19.9 Å². The summed E-state index contributed by atoms with van der Waals surface area (Å²) < 4.78 is 16.6. The van der Waals surface area contributed by atoms with Crippen LogP contribution in [0.15, 0.2) is 52.2 Å². The van der Waals surface area contributed by atoms with E-state index in [1.165, 1.54) is 24.1 Å². The fourth-order valence-electron chi connectivity index (χ4n) is 3.07. The van der Waals surface area contributed by atoms with E-state index in [4.69, 9.17) is 15.2 Å². The minimum absolute atomic E-state index is 0.0131. The van der Waals surface area contributed by atoms with Crippen LogP contribution in [-0.2, 0) is 0 Å². The highest BCUT2D eigenvalue weighted by molar-refractivity contribution is 5.99. The van der Waals surface area contributed by atoms with E-state index < -0.39 is 5.91 Å². The quantitative estimate of drug-likeness (QED) is 0.257. The highest BCUT2D eigenvalue weighted by atomic mass is 16.6. The van der Waals surface area contributed by atoms with Crippen LogP contribution in [0.1, 0.15) is 23.0 Å². The van der Waals surface area contributed by atoms with Gasteiger partial charge in [0.15, 0.2) is 17.2 Å². The van der Waals surface area contributed by atoms with Gasteiger partial charge < -0.3 is 20.3 Å². The molecular formula is C21H20N8O5. The Labute approximate surface area is 192 Å². The molecule has 2 heterocycles. The van der Waals surface area contributed by atoms with Crippen LogP contribution in [-0.4, -0.2) is 56.3 Å². The lowest BCUT2D eigenvalue weighted by molar-refractivity contribution is 0.0950. The molecule has 2 aromatic carbocycles. The molecule has 0 saturated carbocycles. The summed E-state index contributed by atoms with van der Waals surface area (Å²) in [6, 6.07) is 11.6. The molecule has 4 rings (SSSR count). The fraction of sp³-hybridized carbons (Fsp3) is 0.143. The minimum atomic E-state index is -0.639. The number of methoxy groups -OCH3 is 1. The summed E-state index contributed by atoms with van der Waals surface area (Å²) in [6.07, 6.45) is 1.39. The molecule has 13 heteroatoms. The van der Waals surface area contributed by atoms with Crippen molar-refractivity contribution in [1.29, 1.82) is 0 Å². The number of nitrogens with two attached hydrogens (primary N) is 1. The molecule has 0 saturated heterocycles. The number of aromatic nitrogens is 5. The van der Waals surface area contributed by atoms with Crippen LogP contribution in [0.25, 0.3) is 17.1 Å². The van der Waals surface area contributed by atoms with Crippen LogP contribution >= 0.6 is 0 Å². The molecule has 34 heavy (non-hydrogen) atoms. The van der Waals surface area contributed by atoms with Gasteiger partial charge in [-0.2, -0.15) is 9.78 Å². The summed E-state index contributed by atoms with van der Waals surface area (Å²) in [6.45, 7) is 2.33. The number of carbonyl (C=O) groups is 1. The molecule has 4 N–H and O–H groups in total. The average molecular weight is 464 g/mol. The first-order chi connectivity index (χ1) is 16.5. The molecule has 0 bridgehead atoms. The summed E-state index contributed by atoms with van der Waals surface area (Å²) in [4.78, 5) is 13.0. The number of hydrogen-bond acceptors (Lipinski definition) is 11. The lowest BCUT2D eigenvalue weighted by atomic mass is 10.1. The molecule has 0 aliphatic rings. The van der Waals surface area contributed by atoms with Crippen molar-refractivity contribution in [1.82, 2.24) is 30.7 Å². The molecule has 0 radical (unpaired) electrons. The van der Waals surface area contributed by atoms with Crippen molar-refractivity contribution in [3.05, 3.63) is 53.7 Å². The Bertz CT molecular complexity index is 1350. The Hall–Kier alpha value is -4.94. The number of hydrogen-bond donors (Lipinski definition) is 3. The molecule has 0 unspecified atom stereocenters. The number of rotatable bonds is 8. The van der Waals surface area contributed by atoms with Crippen molar-refractivity contribution >= 4 is 17.9 Å². The molecule has 0 fully saturated rings. The maximum atomic E-state index is 13.0. The van der Waals surface area contributed by atoms with Gasteiger partial charge in [-0.15, -0.1) is 5.10 Å². The zero-order valence-electron chi connectivity index (χ0n) is 18.2. The van der Waals surface area contributed by atoms with E-state index in [0.717, 1.165) is 0 Å². The number of phenols is 1. The van der Waals surface area contributed by atoms with Gasteiger partial charge in [-0.25, -0.2) is 10.1 Å². The second-order valence-electron chi connectivity index (χ2n) is 6.76. The van der Waals surface area contributed by atoms with Crippen molar-refractivity contribution in [2.75, 3.05) is 19.5 Å². The van der Waals surface area contributed by atoms with E-state index in [9.17, 15) is 9.90 Å². The van der Waals surface area contributed by atoms with Crippen molar-refractivity contribution < 1.29 is 24.0 Å². The molecule has 0 spiro atoms. The fourth-order valence-corrected chi connectivity index (χ4v) is 3.07. The van der Waals surface area contributed by atoms with Crippen LogP contribution in [0.2, 0.25) is 0 Å². The highest BCUT2D eigenvalue weighted by Crippen LogP contribution is 2.29. The Kier molecular flexibility index (Phi) is 6.34. The van der Waals surface area contributed by atoms with Gasteiger partial charge in [-0.1, -0.05) is 17.3 Å². The number of phenolic OH excluding ortho intramolecular Hbond substituents is 1. The van der Waals surface area contributed by atoms with Crippen molar-refractivity contribution in [2.24, 2.45) is 5.10 Å². The van der Waals surface area contributed by atoms with E-state index in [1.807, 2.05) is 6.92 Å². The number of hydrazone groups is 1. The van der Waals surface area contributed by atoms with Crippen molar-refractivity contribution in [3.8, 4) is 34.3 Å². The average Bonchev–Trinajstić information content (AvgIpc) is 3.46. The number of nitrogens with zero attached hydrogens (tertiary/aromatic N) is 6.